The molecule has 1 aliphatic rings. The lowest BCUT2D eigenvalue weighted by molar-refractivity contribution is 0.194. The molecule has 0 spiro atoms. The van der Waals surface area contributed by atoms with Gasteiger partial charge in [-0.2, -0.15) is 0 Å². The number of hydrogen-bond acceptors (Lipinski definition) is 6. The SMILES string of the molecule is C=CCOc1c(CN2CCC[C@H](c3ncccc3S(C)(=O)=O)C2)cccc1OC. The van der Waals surface area contributed by atoms with Crippen molar-refractivity contribution in [2.24, 2.45) is 0 Å². The number of rotatable bonds is 8. The average Bonchev–Trinajstić information content (AvgIpc) is 2.72. The number of nitrogens with zero attached hydrogens (tertiary/aromatic N) is 2. The number of hydrogen-bond donors (Lipinski definition) is 0. The van der Waals surface area contributed by atoms with Gasteiger partial charge in [0.25, 0.3) is 0 Å². The lowest BCUT2D eigenvalue weighted by atomic mass is 9.93. The van der Waals surface area contributed by atoms with E-state index in [4.69, 9.17) is 9.47 Å². The second kappa shape index (κ2) is 9.41. The first-order valence-electron chi connectivity index (χ1n) is 9.71. The van der Waals surface area contributed by atoms with Crippen LogP contribution < -0.4 is 9.47 Å². The van der Waals surface area contributed by atoms with Crippen LogP contribution in [0, 0.1) is 0 Å². The van der Waals surface area contributed by atoms with E-state index >= 15 is 0 Å². The molecule has 1 aromatic carbocycles. The number of sulfone groups is 1. The number of benzene rings is 1. The fourth-order valence-corrected chi connectivity index (χ4v) is 4.76. The first-order valence-corrected chi connectivity index (χ1v) is 11.6. The van der Waals surface area contributed by atoms with Gasteiger partial charge < -0.3 is 9.47 Å². The van der Waals surface area contributed by atoms with Crippen LogP contribution in [0.5, 0.6) is 11.5 Å². The summed E-state index contributed by atoms with van der Waals surface area (Å²) in [7, 11) is -1.68. The van der Waals surface area contributed by atoms with Crippen molar-refractivity contribution in [3.8, 4) is 11.5 Å². The lowest BCUT2D eigenvalue weighted by Gasteiger charge is -2.33. The molecule has 0 bridgehead atoms. The molecule has 0 unspecified atom stereocenters. The molecule has 0 aliphatic carbocycles. The van der Waals surface area contributed by atoms with Crippen molar-refractivity contribution in [3.05, 3.63) is 60.4 Å². The summed E-state index contributed by atoms with van der Waals surface area (Å²) in [6, 6.07) is 9.21. The highest BCUT2D eigenvalue weighted by Gasteiger charge is 2.27. The number of likely N-dealkylation sites (tertiary alicyclic amines) is 1. The van der Waals surface area contributed by atoms with Crippen LogP contribution in [0.25, 0.3) is 0 Å². The lowest BCUT2D eigenvalue weighted by Crippen LogP contribution is -2.34. The maximum Gasteiger partial charge on any atom is 0.177 e. The molecular formula is C22H28N2O4S. The van der Waals surface area contributed by atoms with Gasteiger partial charge in [0.05, 0.1) is 17.7 Å². The Balaban J connectivity index is 1.82. The van der Waals surface area contributed by atoms with Crippen molar-refractivity contribution in [2.45, 2.75) is 30.2 Å². The number of methoxy groups -OCH3 is 1. The third kappa shape index (κ3) is 5.16. The van der Waals surface area contributed by atoms with Crippen LogP contribution in [-0.2, 0) is 16.4 Å². The summed E-state index contributed by atoms with van der Waals surface area (Å²) in [4.78, 5) is 7.09. The Hall–Kier alpha value is -2.38. The zero-order chi connectivity index (χ0) is 20.9. The molecule has 2 heterocycles. The van der Waals surface area contributed by atoms with Crippen molar-refractivity contribution in [1.82, 2.24) is 9.88 Å². The minimum atomic E-state index is -3.31. The second-order valence-electron chi connectivity index (χ2n) is 7.28. The van der Waals surface area contributed by atoms with E-state index in [1.54, 1.807) is 31.5 Å². The fraction of sp³-hybridized carbons (Fsp3) is 0.409. The van der Waals surface area contributed by atoms with E-state index in [9.17, 15) is 8.42 Å². The summed E-state index contributed by atoms with van der Waals surface area (Å²) < 4.78 is 35.7. The number of ether oxygens (including phenoxy) is 2. The van der Waals surface area contributed by atoms with Crippen molar-refractivity contribution in [3.63, 3.8) is 0 Å². The molecule has 6 nitrogen and oxygen atoms in total. The molecule has 156 valence electrons. The minimum Gasteiger partial charge on any atom is -0.493 e. The molecule has 29 heavy (non-hydrogen) atoms. The van der Waals surface area contributed by atoms with Crippen molar-refractivity contribution in [2.75, 3.05) is 33.1 Å². The molecule has 0 saturated carbocycles. The predicted molar refractivity (Wildman–Crippen MR) is 113 cm³/mol. The Bertz CT molecular complexity index is 959. The van der Waals surface area contributed by atoms with Crippen LogP contribution >= 0.6 is 0 Å². The number of para-hydroxylation sites is 1. The topological polar surface area (TPSA) is 68.7 Å². The average molecular weight is 417 g/mol. The summed E-state index contributed by atoms with van der Waals surface area (Å²) in [5, 5.41) is 0. The van der Waals surface area contributed by atoms with Gasteiger partial charge in [0, 0.05) is 37.0 Å². The molecule has 2 aromatic rings. The van der Waals surface area contributed by atoms with E-state index in [0.717, 1.165) is 37.2 Å². The Morgan fingerprint density at radius 1 is 1.31 bits per heavy atom. The third-order valence-electron chi connectivity index (χ3n) is 5.11. The fourth-order valence-electron chi connectivity index (χ4n) is 3.84. The maximum absolute atomic E-state index is 12.2. The van der Waals surface area contributed by atoms with Crippen LogP contribution in [0.15, 0.2) is 54.1 Å². The molecular weight excluding hydrogens is 388 g/mol. The Morgan fingerprint density at radius 3 is 2.86 bits per heavy atom. The summed E-state index contributed by atoms with van der Waals surface area (Å²) in [6.07, 6.45) is 6.53. The predicted octanol–water partition coefficient (Wildman–Crippen LogP) is 3.44. The molecule has 0 radical (unpaired) electrons. The zero-order valence-corrected chi connectivity index (χ0v) is 17.8. The highest BCUT2D eigenvalue weighted by atomic mass is 32.2. The van der Waals surface area contributed by atoms with Crippen LogP contribution in [0.2, 0.25) is 0 Å². The first-order chi connectivity index (χ1) is 13.9. The van der Waals surface area contributed by atoms with Crippen LogP contribution in [0.3, 0.4) is 0 Å². The van der Waals surface area contributed by atoms with E-state index < -0.39 is 9.84 Å². The van der Waals surface area contributed by atoms with E-state index in [0.29, 0.717) is 29.5 Å². The van der Waals surface area contributed by atoms with Gasteiger partial charge in [-0.05, 0) is 37.6 Å². The van der Waals surface area contributed by atoms with Crippen molar-refractivity contribution >= 4 is 9.84 Å². The smallest absolute Gasteiger partial charge is 0.177 e. The van der Waals surface area contributed by atoms with Crippen molar-refractivity contribution < 1.29 is 17.9 Å². The molecule has 1 saturated heterocycles. The minimum absolute atomic E-state index is 0.0813. The maximum atomic E-state index is 12.2. The van der Waals surface area contributed by atoms with E-state index in [2.05, 4.69) is 16.5 Å². The number of piperidine rings is 1. The van der Waals surface area contributed by atoms with Gasteiger partial charge in [-0.25, -0.2) is 8.42 Å². The highest BCUT2D eigenvalue weighted by Crippen LogP contribution is 2.34. The highest BCUT2D eigenvalue weighted by molar-refractivity contribution is 7.90. The first kappa shape index (κ1) is 21.3. The Labute approximate surface area is 173 Å². The van der Waals surface area contributed by atoms with Gasteiger partial charge in [0.2, 0.25) is 0 Å². The molecule has 0 N–H and O–H groups in total. The normalized spacial score (nSPS) is 17.7. The molecule has 3 rings (SSSR count). The van der Waals surface area contributed by atoms with Crippen LogP contribution in [0.1, 0.15) is 30.0 Å². The third-order valence-corrected chi connectivity index (χ3v) is 6.26. The monoisotopic (exact) mass is 416 g/mol. The van der Waals surface area contributed by atoms with Gasteiger partial charge in [-0.1, -0.05) is 24.8 Å². The molecule has 7 heteroatoms. The van der Waals surface area contributed by atoms with Gasteiger partial charge in [-0.15, -0.1) is 0 Å². The molecule has 1 aromatic heterocycles. The largest absolute Gasteiger partial charge is 0.493 e. The van der Waals surface area contributed by atoms with Crippen molar-refractivity contribution in [1.29, 1.82) is 0 Å². The second-order valence-corrected chi connectivity index (χ2v) is 9.27. The number of aromatic nitrogens is 1. The molecule has 0 amide bonds. The Morgan fingerprint density at radius 2 is 2.14 bits per heavy atom. The van der Waals surface area contributed by atoms with Gasteiger partial charge in [-0.3, -0.25) is 9.88 Å². The number of pyridine rings is 1. The van der Waals surface area contributed by atoms with E-state index in [1.165, 1.54) is 6.26 Å². The summed E-state index contributed by atoms with van der Waals surface area (Å²) in [6.45, 7) is 6.50. The Kier molecular flexibility index (Phi) is 6.92. The van der Waals surface area contributed by atoms with E-state index in [1.807, 2.05) is 18.2 Å². The van der Waals surface area contributed by atoms with Gasteiger partial charge in [0.15, 0.2) is 21.3 Å². The van der Waals surface area contributed by atoms with Crippen LogP contribution in [-0.4, -0.2) is 51.4 Å². The molecule has 1 aliphatic heterocycles. The zero-order valence-electron chi connectivity index (χ0n) is 17.0. The van der Waals surface area contributed by atoms with Crippen LogP contribution in [0.4, 0.5) is 0 Å². The van der Waals surface area contributed by atoms with E-state index in [-0.39, 0.29) is 5.92 Å². The quantitative estimate of drug-likeness (QED) is 0.614. The summed E-state index contributed by atoms with van der Waals surface area (Å²) in [5.74, 6) is 1.51. The summed E-state index contributed by atoms with van der Waals surface area (Å²) >= 11 is 0. The standard InChI is InChI=1S/C22H28N2O4S/c1-4-14-28-22-18(8-5-10-19(22)27-2)16-24-13-7-9-17(15-24)21-20(29(3,25)26)11-6-12-23-21/h4-6,8,10-12,17H,1,7,9,13-16H2,2-3H3/t17-/m0/s1. The summed E-state index contributed by atoms with van der Waals surface area (Å²) in [5.41, 5.74) is 1.71. The van der Waals surface area contributed by atoms with Gasteiger partial charge in [0.1, 0.15) is 6.61 Å². The molecule has 1 fully saturated rings. The molecule has 1 atom stereocenters. The van der Waals surface area contributed by atoms with Gasteiger partial charge >= 0.3 is 0 Å².